The number of rotatable bonds is 1. The topological polar surface area (TPSA) is 3.24 Å². The Morgan fingerprint density at radius 2 is 1.43 bits per heavy atom. The van der Waals surface area contributed by atoms with Crippen LogP contribution in [0.1, 0.15) is 0 Å². The monoisotopic (exact) mass is 163 g/mol. The van der Waals surface area contributed by atoms with Crippen LogP contribution in [0.3, 0.4) is 0 Å². The van der Waals surface area contributed by atoms with E-state index in [0.29, 0.717) is 0 Å². The van der Waals surface area contributed by atoms with Gasteiger partial charge in [0.2, 0.25) is 0 Å². The Morgan fingerprint density at radius 1 is 1.29 bits per heavy atom. The lowest BCUT2D eigenvalue weighted by molar-refractivity contribution is 0.449. The van der Waals surface area contributed by atoms with Crippen LogP contribution >= 0.6 is 35.6 Å². The minimum absolute atomic E-state index is 0. The van der Waals surface area contributed by atoms with Crippen molar-refractivity contribution in [2.24, 2.45) is 0 Å². The van der Waals surface area contributed by atoms with Crippen molar-refractivity contribution in [3.63, 3.8) is 0 Å². The van der Waals surface area contributed by atoms with Gasteiger partial charge in [0.15, 0.2) is 4.96 Å². The summed E-state index contributed by atoms with van der Waals surface area (Å²) in [6, 6.07) is 0. The van der Waals surface area contributed by atoms with E-state index >= 15 is 0 Å². The predicted octanol–water partition coefficient (Wildman–Crippen LogP) is 1.73. The molecule has 0 aromatic carbocycles. The van der Waals surface area contributed by atoms with Gasteiger partial charge in [-0.2, -0.15) is 0 Å². The van der Waals surface area contributed by atoms with Crippen LogP contribution < -0.4 is 0 Å². The number of hydrogen-bond acceptors (Lipinski definition) is 1. The summed E-state index contributed by atoms with van der Waals surface area (Å²) in [7, 11) is 3.62. The summed E-state index contributed by atoms with van der Waals surface area (Å²) in [5.74, 6) is 0. The van der Waals surface area contributed by atoms with E-state index in [1.165, 1.54) is 0 Å². The first-order chi connectivity index (χ1) is 2.64. The molecule has 7 heavy (non-hydrogen) atoms. The van der Waals surface area contributed by atoms with Gasteiger partial charge in [0.25, 0.3) is 0 Å². The molecule has 0 aromatic heterocycles. The maximum Gasteiger partial charge on any atom is 0.160 e. The summed E-state index contributed by atoms with van der Waals surface area (Å²) in [5, 5.41) is 0. The third-order valence-corrected chi connectivity index (χ3v) is 1.17. The van der Waals surface area contributed by atoms with Gasteiger partial charge < -0.3 is 0 Å². The SMILES string of the molecule is CN(C)C(Cl)Cl.Cl. The van der Waals surface area contributed by atoms with E-state index in [1.807, 2.05) is 14.1 Å². The summed E-state index contributed by atoms with van der Waals surface area (Å²) < 4.78 is 0. The van der Waals surface area contributed by atoms with E-state index in [4.69, 9.17) is 23.2 Å². The van der Waals surface area contributed by atoms with Crippen LogP contribution in [0.25, 0.3) is 0 Å². The van der Waals surface area contributed by atoms with Crippen LogP contribution in [0.5, 0.6) is 0 Å². The van der Waals surface area contributed by atoms with Crippen molar-refractivity contribution in [2.45, 2.75) is 4.96 Å². The van der Waals surface area contributed by atoms with Crippen molar-refractivity contribution < 1.29 is 0 Å². The van der Waals surface area contributed by atoms with Gasteiger partial charge >= 0.3 is 0 Å². The standard InChI is InChI=1S/C3H7Cl2N.ClH/c1-6(2)3(4)5;/h3H,1-2H3;1H. The molecular weight excluding hydrogens is 156 g/mol. The number of halogens is 3. The molecule has 4 heteroatoms. The predicted molar refractivity (Wildman–Crippen MR) is 36.4 cm³/mol. The third-order valence-electron chi connectivity index (χ3n) is 0.390. The third kappa shape index (κ3) is 6.83. The van der Waals surface area contributed by atoms with E-state index in [0.717, 1.165) is 0 Å². The van der Waals surface area contributed by atoms with Gasteiger partial charge in [-0.25, -0.2) is 0 Å². The van der Waals surface area contributed by atoms with Gasteiger partial charge in [-0.3, -0.25) is 4.90 Å². The summed E-state index contributed by atoms with van der Waals surface area (Å²) in [6.45, 7) is 0. The van der Waals surface area contributed by atoms with E-state index in [2.05, 4.69) is 0 Å². The van der Waals surface area contributed by atoms with Gasteiger partial charge in [-0.05, 0) is 14.1 Å². The van der Waals surface area contributed by atoms with Crippen LogP contribution in [-0.4, -0.2) is 24.0 Å². The summed E-state index contributed by atoms with van der Waals surface area (Å²) >= 11 is 10.6. The Kier molecular flexibility index (Phi) is 7.64. The van der Waals surface area contributed by atoms with Crippen LogP contribution in [0.15, 0.2) is 0 Å². The lowest BCUT2D eigenvalue weighted by atomic mass is 11.0. The molecule has 0 amide bonds. The van der Waals surface area contributed by atoms with Crippen molar-refractivity contribution in [3.05, 3.63) is 0 Å². The van der Waals surface area contributed by atoms with E-state index in [1.54, 1.807) is 4.90 Å². The zero-order chi connectivity index (χ0) is 5.15. The lowest BCUT2D eigenvalue weighted by Crippen LogP contribution is -2.15. The average Bonchev–Trinajstić information content (AvgIpc) is 1.36. The molecule has 0 aliphatic rings. The fourth-order valence-corrected chi connectivity index (χ4v) is 0. The second-order valence-corrected chi connectivity index (χ2v) is 2.29. The molecule has 0 saturated heterocycles. The number of nitrogens with zero attached hydrogens (tertiary/aromatic N) is 1. The zero-order valence-electron chi connectivity index (χ0n) is 4.19. The minimum atomic E-state index is -0.370. The summed E-state index contributed by atoms with van der Waals surface area (Å²) in [5.41, 5.74) is 0. The molecular formula is C3H8Cl3N. The van der Waals surface area contributed by atoms with Gasteiger partial charge in [0.1, 0.15) is 0 Å². The first kappa shape index (κ1) is 10.7. The molecule has 1 nitrogen and oxygen atoms in total. The van der Waals surface area contributed by atoms with Crippen molar-refractivity contribution in [3.8, 4) is 0 Å². The molecule has 0 saturated carbocycles. The Morgan fingerprint density at radius 3 is 1.43 bits per heavy atom. The first-order valence-electron chi connectivity index (χ1n) is 1.59. The molecule has 46 valence electrons. The van der Waals surface area contributed by atoms with Crippen molar-refractivity contribution in [1.82, 2.24) is 4.90 Å². The Bertz CT molecular complexity index is 31.2. The number of hydrogen-bond donors (Lipinski definition) is 0. The zero-order valence-corrected chi connectivity index (χ0v) is 6.52. The fourth-order valence-electron chi connectivity index (χ4n) is 0. The second kappa shape index (κ2) is 4.98. The van der Waals surface area contributed by atoms with Crippen LogP contribution in [0.2, 0.25) is 0 Å². The average molecular weight is 164 g/mol. The molecule has 0 unspecified atom stereocenters. The molecule has 0 N–H and O–H groups in total. The van der Waals surface area contributed by atoms with Gasteiger partial charge in [-0.15, -0.1) is 12.4 Å². The van der Waals surface area contributed by atoms with E-state index in [9.17, 15) is 0 Å². The molecule has 0 rings (SSSR count). The smallest absolute Gasteiger partial charge is 0.160 e. The van der Waals surface area contributed by atoms with Crippen LogP contribution in [-0.2, 0) is 0 Å². The molecule has 0 aromatic rings. The molecule has 0 aliphatic heterocycles. The first-order valence-corrected chi connectivity index (χ1v) is 2.46. The molecule has 0 radical (unpaired) electrons. The van der Waals surface area contributed by atoms with Crippen LogP contribution in [0, 0.1) is 0 Å². The van der Waals surface area contributed by atoms with Gasteiger partial charge in [-0.1, -0.05) is 23.2 Å². The van der Waals surface area contributed by atoms with Crippen molar-refractivity contribution >= 4 is 35.6 Å². The highest BCUT2D eigenvalue weighted by atomic mass is 35.5. The van der Waals surface area contributed by atoms with Gasteiger partial charge in [0, 0.05) is 0 Å². The van der Waals surface area contributed by atoms with Crippen molar-refractivity contribution in [2.75, 3.05) is 14.1 Å². The molecule has 0 spiro atoms. The highest BCUT2D eigenvalue weighted by molar-refractivity contribution is 6.43. The van der Waals surface area contributed by atoms with Gasteiger partial charge in [0.05, 0.1) is 0 Å². The number of alkyl halides is 2. The van der Waals surface area contributed by atoms with Crippen molar-refractivity contribution in [1.29, 1.82) is 0 Å². The maximum absolute atomic E-state index is 5.30. The molecule has 0 aliphatic carbocycles. The Balaban J connectivity index is 0. The Hall–Kier alpha value is 0.830. The molecule has 0 heterocycles. The highest BCUT2D eigenvalue weighted by Crippen LogP contribution is 2.01. The lowest BCUT2D eigenvalue weighted by Gasteiger charge is -2.07. The molecule has 0 bridgehead atoms. The summed E-state index contributed by atoms with van der Waals surface area (Å²) in [6.07, 6.45) is 0. The van der Waals surface area contributed by atoms with Crippen LogP contribution in [0.4, 0.5) is 0 Å². The summed E-state index contributed by atoms with van der Waals surface area (Å²) in [4.78, 5) is 1.33. The van der Waals surface area contributed by atoms with E-state index < -0.39 is 0 Å². The largest absolute Gasteiger partial charge is 0.281 e. The second-order valence-electron chi connectivity index (χ2n) is 1.24. The van der Waals surface area contributed by atoms with E-state index in [-0.39, 0.29) is 17.4 Å². The highest BCUT2D eigenvalue weighted by Gasteiger charge is 1.96. The minimum Gasteiger partial charge on any atom is -0.281 e. The maximum atomic E-state index is 5.30. The Labute approximate surface area is 60.0 Å². The molecule has 0 fully saturated rings. The quantitative estimate of drug-likeness (QED) is 0.421. The fraction of sp³-hybridized carbons (Fsp3) is 1.00. The normalized spacial score (nSPS) is 9.43. The molecule has 0 atom stereocenters.